The Morgan fingerprint density at radius 2 is 1.85 bits per heavy atom. The summed E-state index contributed by atoms with van der Waals surface area (Å²) in [6.45, 7) is 1.88. The number of anilines is 2. The summed E-state index contributed by atoms with van der Waals surface area (Å²) in [6.07, 6.45) is 1.71. The second-order valence-electron chi connectivity index (χ2n) is 4.84. The average molecular weight is 277 g/mol. The molecular weight excluding hydrogens is 260 g/mol. The number of benzene rings is 1. The maximum absolute atomic E-state index is 13.2. The molecule has 0 amide bonds. The maximum Gasteiger partial charge on any atom is 0.159 e. The molecular formula is C15H17F2N3. The molecule has 0 radical (unpaired) electrons. The number of nitrogens with zero attached hydrogens (tertiary/aromatic N) is 2. The molecule has 0 aliphatic rings. The van der Waals surface area contributed by atoms with Crippen LogP contribution in [-0.4, -0.2) is 19.1 Å². The summed E-state index contributed by atoms with van der Waals surface area (Å²) < 4.78 is 26.1. The zero-order valence-corrected chi connectivity index (χ0v) is 11.7. The second-order valence-corrected chi connectivity index (χ2v) is 4.84. The predicted octanol–water partition coefficient (Wildman–Crippen LogP) is 3.60. The van der Waals surface area contributed by atoms with Crippen LogP contribution in [0, 0.1) is 11.6 Å². The van der Waals surface area contributed by atoms with Gasteiger partial charge in [-0.1, -0.05) is 6.07 Å². The van der Waals surface area contributed by atoms with Gasteiger partial charge in [-0.25, -0.2) is 13.8 Å². The molecule has 106 valence electrons. The molecule has 3 nitrogen and oxygen atoms in total. The molecule has 20 heavy (non-hydrogen) atoms. The van der Waals surface area contributed by atoms with Gasteiger partial charge in [-0.15, -0.1) is 0 Å². The number of halogens is 2. The fraction of sp³-hybridized carbons (Fsp3) is 0.267. The quantitative estimate of drug-likeness (QED) is 0.925. The molecule has 1 unspecified atom stereocenters. The number of aromatic nitrogens is 1. The first-order chi connectivity index (χ1) is 9.47. The molecule has 0 saturated carbocycles. The second kappa shape index (κ2) is 5.86. The molecule has 0 aliphatic carbocycles. The zero-order chi connectivity index (χ0) is 14.7. The van der Waals surface area contributed by atoms with Gasteiger partial charge in [-0.05, 0) is 36.8 Å². The third-order valence-electron chi connectivity index (χ3n) is 3.03. The van der Waals surface area contributed by atoms with Crippen LogP contribution in [0.5, 0.6) is 0 Å². The van der Waals surface area contributed by atoms with Crippen LogP contribution in [0.4, 0.5) is 20.3 Å². The van der Waals surface area contributed by atoms with Crippen LogP contribution in [0.2, 0.25) is 0 Å². The summed E-state index contributed by atoms with van der Waals surface area (Å²) in [5, 5.41) is 3.20. The van der Waals surface area contributed by atoms with Gasteiger partial charge in [0.1, 0.15) is 5.82 Å². The molecule has 1 atom stereocenters. The molecule has 2 rings (SSSR count). The molecule has 0 spiro atoms. The summed E-state index contributed by atoms with van der Waals surface area (Å²) in [4.78, 5) is 6.19. The highest BCUT2D eigenvalue weighted by Crippen LogP contribution is 2.21. The van der Waals surface area contributed by atoms with E-state index in [4.69, 9.17) is 0 Å². The molecule has 1 aromatic carbocycles. The molecule has 5 heteroatoms. The van der Waals surface area contributed by atoms with Crippen LogP contribution in [0.15, 0.2) is 36.5 Å². The van der Waals surface area contributed by atoms with Gasteiger partial charge < -0.3 is 10.2 Å². The minimum atomic E-state index is -0.836. The summed E-state index contributed by atoms with van der Waals surface area (Å²) in [5.41, 5.74) is 1.51. The van der Waals surface area contributed by atoms with Crippen molar-refractivity contribution in [3.05, 3.63) is 53.7 Å². The molecule has 2 aromatic rings. The minimum Gasteiger partial charge on any atom is -0.377 e. The fourth-order valence-electron chi connectivity index (χ4n) is 1.85. The highest BCUT2D eigenvalue weighted by molar-refractivity contribution is 5.49. The Morgan fingerprint density at radius 3 is 2.40 bits per heavy atom. The van der Waals surface area contributed by atoms with E-state index in [1.54, 1.807) is 12.3 Å². The molecule has 0 bridgehead atoms. The molecule has 1 N–H and O–H groups in total. The van der Waals surface area contributed by atoms with Crippen LogP contribution in [0.3, 0.4) is 0 Å². The van der Waals surface area contributed by atoms with E-state index in [0.717, 1.165) is 17.6 Å². The average Bonchev–Trinajstić information content (AvgIpc) is 2.42. The Bertz CT molecular complexity index is 582. The third kappa shape index (κ3) is 3.23. The van der Waals surface area contributed by atoms with Crippen molar-refractivity contribution >= 4 is 11.5 Å². The standard InChI is InChI=1S/C15H17F2N3/c1-10(11-4-6-13(16)14(17)8-11)19-12-5-7-15(18-9-12)20(2)3/h4-10,19H,1-3H3. The molecule has 0 saturated heterocycles. The van der Waals surface area contributed by atoms with Crippen molar-refractivity contribution in [3.63, 3.8) is 0 Å². The Hall–Kier alpha value is -2.17. The lowest BCUT2D eigenvalue weighted by Crippen LogP contribution is -2.11. The lowest BCUT2D eigenvalue weighted by Gasteiger charge is -2.17. The summed E-state index contributed by atoms with van der Waals surface area (Å²) in [7, 11) is 3.83. The number of rotatable bonds is 4. The Labute approximate surface area is 117 Å². The normalized spacial score (nSPS) is 12.1. The van der Waals surface area contributed by atoms with Crippen LogP contribution in [-0.2, 0) is 0 Å². The van der Waals surface area contributed by atoms with Gasteiger partial charge in [-0.3, -0.25) is 0 Å². The lowest BCUT2D eigenvalue weighted by molar-refractivity contribution is 0.506. The zero-order valence-electron chi connectivity index (χ0n) is 11.7. The first-order valence-corrected chi connectivity index (χ1v) is 6.32. The SMILES string of the molecule is CC(Nc1ccc(N(C)C)nc1)c1ccc(F)c(F)c1. The van der Waals surface area contributed by atoms with E-state index in [2.05, 4.69) is 10.3 Å². The largest absolute Gasteiger partial charge is 0.377 e. The number of nitrogens with one attached hydrogen (secondary N) is 1. The van der Waals surface area contributed by atoms with E-state index in [0.29, 0.717) is 5.56 Å². The van der Waals surface area contributed by atoms with Gasteiger partial charge in [0.15, 0.2) is 11.6 Å². The topological polar surface area (TPSA) is 28.2 Å². The van der Waals surface area contributed by atoms with Gasteiger partial charge in [0.05, 0.1) is 11.9 Å². The fourth-order valence-corrected chi connectivity index (χ4v) is 1.85. The van der Waals surface area contributed by atoms with Gasteiger partial charge in [0, 0.05) is 20.1 Å². The van der Waals surface area contributed by atoms with E-state index < -0.39 is 11.6 Å². The van der Waals surface area contributed by atoms with Crippen LogP contribution in [0.25, 0.3) is 0 Å². The van der Waals surface area contributed by atoms with Crippen LogP contribution < -0.4 is 10.2 Å². The van der Waals surface area contributed by atoms with Crippen molar-refractivity contribution in [3.8, 4) is 0 Å². The smallest absolute Gasteiger partial charge is 0.159 e. The maximum atomic E-state index is 13.2. The number of hydrogen-bond donors (Lipinski definition) is 1. The lowest BCUT2D eigenvalue weighted by atomic mass is 10.1. The van der Waals surface area contributed by atoms with Gasteiger partial charge in [0.2, 0.25) is 0 Å². The Kier molecular flexibility index (Phi) is 4.17. The Balaban J connectivity index is 2.10. The van der Waals surface area contributed by atoms with Crippen LogP contribution >= 0.6 is 0 Å². The van der Waals surface area contributed by atoms with Crippen molar-refractivity contribution in [1.29, 1.82) is 0 Å². The van der Waals surface area contributed by atoms with Gasteiger partial charge in [0.25, 0.3) is 0 Å². The molecule has 0 aliphatic heterocycles. The van der Waals surface area contributed by atoms with Crippen molar-refractivity contribution in [1.82, 2.24) is 4.98 Å². The highest BCUT2D eigenvalue weighted by Gasteiger charge is 2.09. The molecule has 1 aromatic heterocycles. The van der Waals surface area contributed by atoms with E-state index in [-0.39, 0.29) is 6.04 Å². The molecule has 1 heterocycles. The van der Waals surface area contributed by atoms with E-state index in [1.165, 1.54) is 6.07 Å². The summed E-state index contributed by atoms with van der Waals surface area (Å²) >= 11 is 0. The first kappa shape index (κ1) is 14.2. The number of hydrogen-bond acceptors (Lipinski definition) is 3. The summed E-state index contributed by atoms with van der Waals surface area (Å²) in [5.74, 6) is -0.814. The molecule has 0 fully saturated rings. The van der Waals surface area contributed by atoms with Crippen molar-refractivity contribution in [2.45, 2.75) is 13.0 Å². The van der Waals surface area contributed by atoms with Gasteiger partial charge >= 0.3 is 0 Å². The van der Waals surface area contributed by atoms with E-state index in [1.807, 2.05) is 38.1 Å². The van der Waals surface area contributed by atoms with E-state index >= 15 is 0 Å². The first-order valence-electron chi connectivity index (χ1n) is 6.32. The predicted molar refractivity (Wildman–Crippen MR) is 77.0 cm³/mol. The van der Waals surface area contributed by atoms with Gasteiger partial charge in [-0.2, -0.15) is 0 Å². The number of pyridine rings is 1. The minimum absolute atomic E-state index is 0.142. The van der Waals surface area contributed by atoms with Crippen LogP contribution in [0.1, 0.15) is 18.5 Å². The Morgan fingerprint density at radius 1 is 1.10 bits per heavy atom. The monoisotopic (exact) mass is 277 g/mol. The summed E-state index contributed by atoms with van der Waals surface area (Å²) in [6, 6.07) is 7.55. The third-order valence-corrected chi connectivity index (χ3v) is 3.03. The van der Waals surface area contributed by atoms with E-state index in [9.17, 15) is 8.78 Å². The highest BCUT2D eigenvalue weighted by atomic mass is 19.2. The van der Waals surface area contributed by atoms with Crippen molar-refractivity contribution < 1.29 is 8.78 Å². The van der Waals surface area contributed by atoms with Crippen molar-refractivity contribution in [2.24, 2.45) is 0 Å². The van der Waals surface area contributed by atoms with Crippen molar-refractivity contribution in [2.75, 3.05) is 24.3 Å².